The van der Waals surface area contributed by atoms with Crippen molar-refractivity contribution in [1.29, 1.82) is 0 Å². The van der Waals surface area contributed by atoms with Gasteiger partial charge < -0.3 is 4.74 Å². The molecule has 1 aromatic carbocycles. The normalized spacial score (nSPS) is 11.9. The molecule has 0 aliphatic rings. The molecule has 0 radical (unpaired) electrons. The Morgan fingerprint density at radius 2 is 2.00 bits per heavy atom. The first-order chi connectivity index (χ1) is 9.61. The van der Waals surface area contributed by atoms with E-state index in [9.17, 15) is 4.79 Å². The van der Waals surface area contributed by atoms with E-state index in [1.54, 1.807) is 18.3 Å². The lowest BCUT2D eigenvalue weighted by atomic mass is 9.98. The molecule has 104 valence electrons. The first-order valence-corrected chi connectivity index (χ1v) is 6.85. The third kappa shape index (κ3) is 3.23. The minimum Gasteiger partial charge on any atom is -0.455 e. The van der Waals surface area contributed by atoms with E-state index in [0.29, 0.717) is 17.4 Å². The maximum atomic E-state index is 11.2. The van der Waals surface area contributed by atoms with Gasteiger partial charge >= 0.3 is 0 Å². The van der Waals surface area contributed by atoms with Gasteiger partial charge in [0, 0.05) is 6.92 Å². The van der Waals surface area contributed by atoms with Crippen LogP contribution in [0, 0.1) is 0 Å². The van der Waals surface area contributed by atoms with E-state index in [0.717, 1.165) is 12.2 Å². The number of ether oxygens (including phenoxy) is 1. The van der Waals surface area contributed by atoms with E-state index >= 15 is 0 Å². The van der Waals surface area contributed by atoms with Gasteiger partial charge in [-0.15, -0.1) is 0 Å². The highest BCUT2D eigenvalue weighted by Gasteiger charge is 2.10. The highest BCUT2D eigenvalue weighted by Crippen LogP contribution is 2.31. The molecule has 0 amide bonds. The molecule has 2 rings (SSSR count). The van der Waals surface area contributed by atoms with Gasteiger partial charge in [0.25, 0.3) is 0 Å². The Hall–Kier alpha value is -2.16. The van der Waals surface area contributed by atoms with Crippen molar-refractivity contribution < 1.29 is 9.53 Å². The van der Waals surface area contributed by atoms with Crippen LogP contribution in [0.1, 0.15) is 49.2 Å². The van der Waals surface area contributed by atoms with Crippen LogP contribution in [0.4, 0.5) is 0 Å². The third-order valence-electron chi connectivity index (χ3n) is 3.39. The van der Waals surface area contributed by atoms with Crippen molar-refractivity contribution in [3.63, 3.8) is 0 Å². The number of Topliss-reactive ketones (excluding diaryl/α,β-unsaturated/α-hetero) is 1. The molecule has 0 fully saturated rings. The molecule has 20 heavy (non-hydrogen) atoms. The zero-order chi connectivity index (χ0) is 14.5. The summed E-state index contributed by atoms with van der Waals surface area (Å²) < 4.78 is 5.89. The van der Waals surface area contributed by atoms with Crippen molar-refractivity contribution in [3.05, 3.63) is 53.9 Å². The quantitative estimate of drug-likeness (QED) is 0.745. The molecular formula is C17H19NO2. The fourth-order valence-electron chi connectivity index (χ4n) is 1.98. The smallest absolute Gasteiger partial charge is 0.178 e. The SMILES string of the molecule is CCC(C)c1ccccc1Oc1ccc(C(C)=O)nc1. The van der Waals surface area contributed by atoms with Crippen molar-refractivity contribution in [2.45, 2.75) is 33.1 Å². The first kappa shape index (κ1) is 14.3. The highest BCUT2D eigenvalue weighted by atomic mass is 16.5. The summed E-state index contributed by atoms with van der Waals surface area (Å²) in [6.45, 7) is 5.84. The van der Waals surface area contributed by atoms with Crippen molar-refractivity contribution >= 4 is 5.78 Å². The number of carbonyl (C=O) groups is 1. The second kappa shape index (κ2) is 6.33. The van der Waals surface area contributed by atoms with E-state index in [1.165, 1.54) is 12.5 Å². The van der Waals surface area contributed by atoms with Crippen LogP contribution in [0.25, 0.3) is 0 Å². The Bertz CT molecular complexity index is 590. The van der Waals surface area contributed by atoms with Gasteiger partial charge in [-0.1, -0.05) is 32.0 Å². The number of carbonyl (C=O) groups excluding carboxylic acids is 1. The second-order valence-electron chi connectivity index (χ2n) is 4.88. The van der Waals surface area contributed by atoms with Crippen molar-refractivity contribution in [1.82, 2.24) is 4.98 Å². The van der Waals surface area contributed by atoms with Gasteiger partial charge in [0.1, 0.15) is 17.2 Å². The van der Waals surface area contributed by atoms with E-state index in [4.69, 9.17) is 4.74 Å². The molecule has 0 aliphatic carbocycles. The fourth-order valence-corrected chi connectivity index (χ4v) is 1.98. The number of para-hydroxylation sites is 1. The lowest BCUT2D eigenvalue weighted by molar-refractivity contribution is 0.101. The van der Waals surface area contributed by atoms with Crippen LogP contribution < -0.4 is 4.74 Å². The van der Waals surface area contributed by atoms with Gasteiger partial charge in [-0.3, -0.25) is 4.79 Å². The molecule has 3 heteroatoms. The van der Waals surface area contributed by atoms with Gasteiger partial charge in [-0.2, -0.15) is 0 Å². The summed E-state index contributed by atoms with van der Waals surface area (Å²) in [7, 11) is 0. The van der Waals surface area contributed by atoms with Crippen LogP contribution in [-0.4, -0.2) is 10.8 Å². The topological polar surface area (TPSA) is 39.2 Å². The molecule has 3 nitrogen and oxygen atoms in total. The summed E-state index contributed by atoms with van der Waals surface area (Å²) in [6, 6.07) is 11.5. The largest absolute Gasteiger partial charge is 0.455 e. The van der Waals surface area contributed by atoms with Gasteiger partial charge in [0.2, 0.25) is 0 Å². The Labute approximate surface area is 119 Å². The third-order valence-corrected chi connectivity index (χ3v) is 3.39. The molecule has 1 heterocycles. The molecule has 0 N–H and O–H groups in total. The predicted octanol–water partition coefficient (Wildman–Crippen LogP) is 4.59. The molecule has 0 aliphatic heterocycles. The lowest BCUT2D eigenvalue weighted by Crippen LogP contribution is -1.98. The molecule has 1 unspecified atom stereocenters. The standard InChI is InChI=1S/C17H19NO2/c1-4-12(2)15-7-5-6-8-17(15)20-14-9-10-16(13(3)19)18-11-14/h5-12H,4H2,1-3H3. The minimum atomic E-state index is -0.0449. The van der Waals surface area contributed by atoms with Crippen LogP contribution in [-0.2, 0) is 0 Å². The van der Waals surface area contributed by atoms with Crippen LogP contribution in [0.2, 0.25) is 0 Å². The minimum absolute atomic E-state index is 0.0449. The molecule has 1 aromatic heterocycles. The fraction of sp³-hybridized carbons (Fsp3) is 0.294. The maximum absolute atomic E-state index is 11.2. The summed E-state index contributed by atoms with van der Waals surface area (Å²) >= 11 is 0. The Morgan fingerprint density at radius 1 is 1.25 bits per heavy atom. The molecule has 2 aromatic rings. The van der Waals surface area contributed by atoms with Gasteiger partial charge in [-0.05, 0) is 36.1 Å². The number of benzene rings is 1. The summed E-state index contributed by atoms with van der Waals surface area (Å²) in [6.07, 6.45) is 2.64. The maximum Gasteiger partial charge on any atom is 0.178 e. The molecule has 0 spiro atoms. The number of ketones is 1. The summed E-state index contributed by atoms with van der Waals surface area (Å²) in [5.74, 6) is 1.89. The Balaban J connectivity index is 2.23. The molecule has 0 saturated carbocycles. The van der Waals surface area contributed by atoms with Crippen molar-refractivity contribution in [3.8, 4) is 11.5 Å². The van der Waals surface area contributed by atoms with E-state index < -0.39 is 0 Å². The highest BCUT2D eigenvalue weighted by molar-refractivity contribution is 5.92. The average molecular weight is 269 g/mol. The predicted molar refractivity (Wildman–Crippen MR) is 79.5 cm³/mol. The van der Waals surface area contributed by atoms with Gasteiger partial charge in [0.15, 0.2) is 5.78 Å². The number of hydrogen-bond acceptors (Lipinski definition) is 3. The lowest BCUT2D eigenvalue weighted by Gasteiger charge is -2.15. The summed E-state index contributed by atoms with van der Waals surface area (Å²) in [5, 5.41) is 0. The average Bonchev–Trinajstić information content (AvgIpc) is 2.47. The van der Waals surface area contributed by atoms with E-state index in [2.05, 4.69) is 24.9 Å². The zero-order valence-electron chi connectivity index (χ0n) is 12.1. The second-order valence-corrected chi connectivity index (χ2v) is 4.88. The number of pyridine rings is 1. The van der Waals surface area contributed by atoms with Crippen LogP contribution in [0.5, 0.6) is 11.5 Å². The number of nitrogens with zero attached hydrogens (tertiary/aromatic N) is 1. The monoisotopic (exact) mass is 269 g/mol. The summed E-state index contributed by atoms with van der Waals surface area (Å²) in [5.41, 5.74) is 1.64. The van der Waals surface area contributed by atoms with E-state index in [1.807, 2.05) is 18.2 Å². The molecular weight excluding hydrogens is 250 g/mol. The van der Waals surface area contributed by atoms with E-state index in [-0.39, 0.29) is 5.78 Å². The van der Waals surface area contributed by atoms with Gasteiger partial charge in [-0.25, -0.2) is 4.98 Å². The number of aromatic nitrogens is 1. The first-order valence-electron chi connectivity index (χ1n) is 6.85. The molecule has 0 saturated heterocycles. The van der Waals surface area contributed by atoms with Crippen LogP contribution in [0.15, 0.2) is 42.6 Å². The van der Waals surface area contributed by atoms with Gasteiger partial charge in [0.05, 0.1) is 6.20 Å². The van der Waals surface area contributed by atoms with Crippen molar-refractivity contribution in [2.75, 3.05) is 0 Å². The number of hydrogen-bond donors (Lipinski definition) is 0. The number of rotatable bonds is 5. The summed E-state index contributed by atoms with van der Waals surface area (Å²) in [4.78, 5) is 15.3. The van der Waals surface area contributed by atoms with Crippen LogP contribution in [0.3, 0.4) is 0 Å². The Kier molecular flexibility index (Phi) is 4.51. The zero-order valence-corrected chi connectivity index (χ0v) is 12.1. The van der Waals surface area contributed by atoms with Crippen LogP contribution >= 0.6 is 0 Å². The molecule has 1 atom stereocenters. The Morgan fingerprint density at radius 3 is 2.60 bits per heavy atom. The molecule has 0 bridgehead atoms. The van der Waals surface area contributed by atoms with Crippen molar-refractivity contribution in [2.24, 2.45) is 0 Å².